The second-order valence-electron chi connectivity index (χ2n) is 6.79. The first kappa shape index (κ1) is 18.8. The molecule has 0 saturated carbocycles. The molecule has 0 saturated heterocycles. The molecule has 0 aliphatic rings. The molecule has 2 aromatic carbocycles. The Labute approximate surface area is 151 Å². The van der Waals surface area contributed by atoms with Crippen LogP contribution in [0.25, 0.3) is 0 Å². The number of nitrogens with zero attached hydrogens (tertiary/aromatic N) is 2. The summed E-state index contributed by atoms with van der Waals surface area (Å²) in [5.74, 6) is 0. The van der Waals surface area contributed by atoms with Crippen LogP contribution in [0.1, 0.15) is 24.5 Å². The Balaban J connectivity index is 1.79. The number of urea groups is 1. The Hall–Kier alpha value is -2.49. The molecule has 0 heterocycles. The number of rotatable bonds is 7. The van der Waals surface area contributed by atoms with Gasteiger partial charge >= 0.3 is 6.03 Å². The molecule has 1 atom stereocenters. The molecule has 2 amide bonds. The minimum Gasteiger partial charge on any atom is -0.378 e. The number of nitrogens with one attached hydrogen (secondary N) is 1. The highest BCUT2D eigenvalue weighted by molar-refractivity contribution is 5.74. The Bertz CT molecular complexity index is 653. The van der Waals surface area contributed by atoms with Crippen molar-refractivity contribution in [1.82, 2.24) is 10.2 Å². The molecule has 1 unspecified atom stereocenters. The highest BCUT2D eigenvalue weighted by Gasteiger charge is 2.12. The minimum absolute atomic E-state index is 0.0303. The fraction of sp³-hybridized carbons (Fsp3) is 0.381. The lowest BCUT2D eigenvalue weighted by atomic mass is 10.1. The van der Waals surface area contributed by atoms with Crippen molar-refractivity contribution in [3.05, 3.63) is 65.7 Å². The van der Waals surface area contributed by atoms with Crippen molar-refractivity contribution in [2.24, 2.45) is 0 Å². The van der Waals surface area contributed by atoms with Gasteiger partial charge in [0.25, 0.3) is 0 Å². The molecule has 1 N–H and O–H groups in total. The second kappa shape index (κ2) is 9.11. The molecule has 0 radical (unpaired) electrons. The summed E-state index contributed by atoms with van der Waals surface area (Å²) in [7, 11) is 5.87. The van der Waals surface area contributed by atoms with Crippen molar-refractivity contribution < 1.29 is 4.79 Å². The molecule has 25 heavy (non-hydrogen) atoms. The largest absolute Gasteiger partial charge is 0.378 e. The van der Waals surface area contributed by atoms with Crippen molar-refractivity contribution in [1.29, 1.82) is 0 Å². The smallest absolute Gasteiger partial charge is 0.317 e. The van der Waals surface area contributed by atoms with Crippen molar-refractivity contribution in [2.45, 2.75) is 32.4 Å². The van der Waals surface area contributed by atoms with E-state index in [4.69, 9.17) is 0 Å². The molecule has 0 fully saturated rings. The van der Waals surface area contributed by atoms with E-state index in [0.717, 1.165) is 24.1 Å². The topological polar surface area (TPSA) is 35.6 Å². The highest BCUT2D eigenvalue weighted by atomic mass is 16.2. The third kappa shape index (κ3) is 6.14. The van der Waals surface area contributed by atoms with Crippen molar-refractivity contribution in [2.75, 3.05) is 26.0 Å². The van der Waals surface area contributed by atoms with E-state index in [-0.39, 0.29) is 12.1 Å². The van der Waals surface area contributed by atoms with Gasteiger partial charge in [-0.1, -0.05) is 42.5 Å². The average Bonchev–Trinajstić information content (AvgIpc) is 2.61. The zero-order chi connectivity index (χ0) is 18.2. The SMILES string of the molecule is CC(CCc1ccccc1)NC(=O)N(C)Cc1ccc(N(C)C)cc1. The van der Waals surface area contributed by atoms with Crippen LogP contribution >= 0.6 is 0 Å². The predicted molar refractivity (Wildman–Crippen MR) is 105 cm³/mol. The zero-order valence-electron chi connectivity index (χ0n) is 15.7. The molecular formula is C21H29N3O. The Morgan fingerprint density at radius 2 is 1.60 bits per heavy atom. The third-order valence-electron chi connectivity index (χ3n) is 4.30. The molecule has 2 aromatic rings. The average molecular weight is 339 g/mol. The molecule has 0 bridgehead atoms. The first-order valence-corrected chi connectivity index (χ1v) is 8.77. The summed E-state index contributed by atoms with van der Waals surface area (Å²) >= 11 is 0. The van der Waals surface area contributed by atoms with Crippen LogP contribution in [0.4, 0.5) is 10.5 Å². The third-order valence-corrected chi connectivity index (χ3v) is 4.30. The molecule has 4 nitrogen and oxygen atoms in total. The van der Waals surface area contributed by atoms with Crippen LogP contribution in [0.3, 0.4) is 0 Å². The number of aryl methyl sites for hydroxylation is 1. The maximum absolute atomic E-state index is 12.4. The van der Waals surface area contributed by atoms with Crippen molar-refractivity contribution in [3.63, 3.8) is 0 Å². The number of benzene rings is 2. The maximum atomic E-state index is 12.4. The van der Waals surface area contributed by atoms with Gasteiger partial charge in [0.05, 0.1) is 0 Å². The number of hydrogen-bond acceptors (Lipinski definition) is 2. The molecule has 0 aromatic heterocycles. The zero-order valence-corrected chi connectivity index (χ0v) is 15.7. The van der Waals surface area contributed by atoms with Gasteiger partial charge in [-0.25, -0.2) is 4.79 Å². The lowest BCUT2D eigenvalue weighted by Gasteiger charge is -2.22. The van der Waals surface area contributed by atoms with E-state index in [1.807, 2.05) is 39.3 Å². The van der Waals surface area contributed by atoms with Gasteiger partial charge in [-0.05, 0) is 43.0 Å². The molecule has 0 spiro atoms. The maximum Gasteiger partial charge on any atom is 0.317 e. The minimum atomic E-state index is -0.0303. The van der Waals surface area contributed by atoms with Crippen LogP contribution in [0.15, 0.2) is 54.6 Å². The summed E-state index contributed by atoms with van der Waals surface area (Å²) in [6.45, 7) is 2.66. The van der Waals surface area contributed by atoms with E-state index in [9.17, 15) is 4.79 Å². The number of anilines is 1. The highest BCUT2D eigenvalue weighted by Crippen LogP contribution is 2.13. The van der Waals surface area contributed by atoms with Gasteiger partial charge in [0.15, 0.2) is 0 Å². The van der Waals surface area contributed by atoms with E-state index in [1.165, 1.54) is 5.56 Å². The summed E-state index contributed by atoms with van der Waals surface area (Å²) in [4.78, 5) is 16.1. The Morgan fingerprint density at radius 3 is 2.20 bits per heavy atom. The van der Waals surface area contributed by atoms with Gasteiger partial charge in [-0.15, -0.1) is 0 Å². The van der Waals surface area contributed by atoms with E-state index >= 15 is 0 Å². The van der Waals surface area contributed by atoms with Crippen LogP contribution in [0.2, 0.25) is 0 Å². The van der Waals surface area contributed by atoms with Gasteiger partial charge in [0, 0.05) is 39.4 Å². The molecule has 2 rings (SSSR count). The first-order valence-electron chi connectivity index (χ1n) is 8.77. The lowest BCUT2D eigenvalue weighted by molar-refractivity contribution is 0.203. The quantitative estimate of drug-likeness (QED) is 0.830. The molecule has 0 aliphatic heterocycles. The first-order chi connectivity index (χ1) is 12.0. The van der Waals surface area contributed by atoms with Gasteiger partial charge < -0.3 is 15.1 Å². The van der Waals surface area contributed by atoms with Crippen LogP contribution in [0.5, 0.6) is 0 Å². The summed E-state index contributed by atoms with van der Waals surface area (Å²) in [5, 5.41) is 3.08. The van der Waals surface area contributed by atoms with Crippen LogP contribution in [-0.2, 0) is 13.0 Å². The van der Waals surface area contributed by atoms with Crippen LogP contribution in [-0.4, -0.2) is 38.1 Å². The standard InChI is InChI=1S/C21H29N3O/c1-17(10-11-18-8-6-5-7-9-18)22-21(25)24(4)16-19-12-14-20(15-13-19)23(2)3/h5-9,12-15,17H,10-11,16H2,1-4H3,(H,22,25). The van der Waals surface area contributed by atoms with Gasteiger partial charge in [-0.3, -0.25) is 0 Å². The van der Waals surface area contributed by atoms with Crippen LogP contribution in [0, 0.1) is 0 Å². The molecule has 4 heteroatoms. The molecule has 134 valence electrons. The fourth-order valence-corrected chi connectivity index (χ4v) is 2.67. The number of hydrogen-bond donors (Lipinski definition) is 1. The Kier molecular flexibility index (Phi) is 6.87. The van der Waals surface area contributed by atoms with E-state index in [0.29, 0.717) is 6.54 Å². The summed E-state index contributed by atoms with van der Waals surface area (Å²) in [5.41, 5.74) is 3.59. The number of carbonyl (C=O) groups excluding carboxylic acids is 1. The summed E-state index contributed by atoms with van der Waals surface area (Å²) < 4.78 is 0. The van der Waals surface area contributed by atoms with Gasteiger partial charge in [-0.2, -0.15) is 0 Å². The number of carbonyl (C=O) groups is 1. The van der Waals surface area contributed by atoms with Crippen molar-refractivity contribution >= 4 is 11.7 Å². The lowest BCUT2D eigenvalue weighted by Crippen LogP contribution is -2.41. The number of amides is 2. The normalized spacial score (nSPS) is 11.7. The van der Waals surface area contributed by atoms with E-state index in [2.05, 4.69) is 53.5 Å². The Morgan fingerprint density at radius 1 is 0.960 bits per heavy atom. The predicted octanol–water partition coefficient (Wildman–Crippen LogP) is 3.92. The summed E-state index contributed by atoms with van der Waals surface area (Å²) in [6.07, 6.45) is 1.90. The van der Waals surface area contributed by atoms with E-state index in [1.54, 1.807) is 4.90 Å². The second-order valence-corrected chi connectivity index (χ2v) is 6.79. The molecular weight excluding hydrogens is 310 g/mol. The summed E-state index contributed by atoms with van der Waals surface area (Å²) in [6, 6.07) is 18.8. The van der Waals surface area contributed by atoms with Gasteiger partial charge in [0.1, 0.15) is 0 Å². The molecule has 0 aliphatic carbocycles. The van der Waals surface area contributed by atoms with Crippen LogP contribution < -0.4 is 10.2 Å². The van der Waals surface area contributed by atoms with Crippen molar-refractivity contribution in [3.8, 4) is 0 Å². The monoisotopic (exact) mass is 339 g/mol. The fourth-order valence-electron chi connectivity index (χ4n) is 2.67. The van der Waals surface area contributed by atoms with Gasteiger partial charge in [0.2, 0.25) is 0 Å². The van der Waals surface area contributed by atoms with E-state index < -0.39 is 0 Å².